The summed E-state index contributed by atoms with van der Waals surface area (Å²) < 4.78 is 12.7. The minimum absolute atomic E-state index is 0.0113. The number of thioether (sulfide) groups is 1. The Bertz CT molecular complexity index is 820. The maximum absolute atomic E-state index is 12.9. The highest BCUT2D eigenvalue weighted by molar-refractivity contribution is 7.98. The predicted molar refractivity (Wildman–Crippen MR) is 97.4 cm³/mol. The van der Waals surface area contributed by atoms with Gasteiger partial charge in [0.25, 0.3) is 11.6 Å². The fraction of sp³-hybridized carbons (Fsp3) is 0.556. The van der Waals surface area contributed by atoms with Gasteiger partial charge in [0.05, 0.1) is 28.6 Å². The number of alkyl halides is 1. The first-order valence-corrected chi connectivity index (χ1v) is 10.2. The Morgan fingerprint density at radius 3 is 2.52 bits per heavy atom. The smallest absolute Gasteiger partial charge is 0.283 e. The molecule has 9 heteroatoms. The number of carbonyl (C=O) groups excluding carboxylic acids is 2. The summed E-state index contributed by atoms with van der Waals surface area (Å²) in [5, 5.41) is 11.2. The second-order valence-corrected chi connectivity index (χ2v) is 8.24. The molecule has 27 heavy (non-hydrogen) atoms. The average molecular weight is 393 g/mol. The number of nitro benzene ring substituents is 1. The van der Waals surface area contributed by atoms with E-state index < -0.39 is 11.6 Å². The van der Waals surface area contributed by atoms with E-state index in [9.17, 15) is 24.1 Å². The summed E-state index contributed by atoms with van der Waals surface area (Å²) >= 11 is 1.27. The molecule has 0 N–H and O–H groups in total. The van der Waals surface area contributed by atoms with E-state index in [0.717, 1.165) is 6.42 Å². The normalized spacial score (nSPS) is 28.5. The summed E-state index contributed by atoms with van der Waals surface area (Å²) in [6.45, 7) is 0.448. The molecule has 1 saturated carbocycles. The molecule has 3 aliphatic rings. The number of fused-ring (bicyclic) bond motifs is 2. The van der Waals surface area contributed by atoms with Crippen LogP contribution in [0.3, 0.4) is 0 Å². The molecule has 4 atom stereocenters. The van der Waals surface area contributed by atoms with Crippen molar-refractivity contribution in [1.29, 1.82) is 0 Å². The van der Waals surface area contributed by atoms with E-state index in [2.05, 4.69) is 0 Å². The van der Waals surface area contributed by atoms with Crippen LogP contribution in [0.4, 0.5) is 10.1 Å². The SMILES string of the molecule is CSc1ccc(C(=O)N2C[C@@H]3C[C@H]2CN3C(=O)[C@@H]2C[C@H]2CF)cc1[N+](=O)[O-]. The van der Waals surface area contributed by atoms with Gasteiger partial charge in [0.15, 0.2) is 0 Å². The number of hydrogen-bond donors (Lipinski definition) is 0. The first-order valence-electron chi connectivity index (χ1n) is 8.94. The van der Waals surface area contributed by atoms with E-state index in [1.165, 1.54) is 17.8 Å². The van der Waals surface area contributed by atoms with Crippen molar-refractivity contribution < 1.29 is 18.9 Å². The molecule has 1 aliphatic carbocycles. The number of nitrogens with zero attached hydrogens (tertiary/aromatic N) is 3. The highest BCUT2D eigenvalue weighted by Crippen LogP contribution is 2.43. The first kappa shape index (κ1) is 18.2. The van der Waals surface area contributed by atoms with Crippen molar-refractivity contribution in [2.45, 2.75) is 29.8 Å². The zero-order valence-corrected chi connectivity index (χ0v) is 15.7. The number of nitro groups is 1. The van der Waals surface area contributed by atoms with Crippen LogP contribution in [0, 0.1) is 22.0 Å². The van der Waals surface area contributed by atoms with Crippen molar-refractivity contribution in [3.05, 3.63) is 33.9 Å². The molecule has 7 nitrogen and oxygen atoms in total. The molecule has 2 bridgehead atoms. The molecule has 1 aromatic carbocycles. The van der Waals surface area contributed by atoms with E-state index in [0.29, 0.717) is 30.0 Å². The van der Waals surface area contributed by atoms with Gasteiger partial charge < -0.3 is 9.80 Å². The van der Waals surface area contributed by atoms with Crippen LogP contribution in [0.25, 0.3) is 0 Å². The molecular formula is C18H20FN3O4S. The number of piperazine rings is 1. The van der Waals surface area contributed by atoms with Gasteiger partial charge in [-0.1, -0.05) is 0 Å². The number of hydrogen-bond acceptors (Lipinski definition) is 5. The minimum Gasteiger partial charge on any atom is -0.336 e. The van der Waals surface area contributed by atoms with Crippen LogP contribution in [0.1, 0.15) is 23.2 Å². The fourth-order valence-electron chi connectivity index (χ4n) is 4.25. The number of rotatable bonds is 5. The third kappa shape index (κ3) is 3.07. The molecule has 4 rings (SSSR count). The van der Waals surface area contributed by atoms with Crippen LogP contribution in [-0.2, 0) is 4.79 Å². The molecule has 0 radical (unpaired) electrons. The Morgan fingerprint density at radius 1 is 1.26 bits per heavy atom. The van der Waals surface area contributed by atoms with Crippen molar-refractivity contribution in [1.82, 2.24) is 9.80 Å². The van der Waals surface area contributed by atoms with E-state index >= 15 is 0 Å². The number of carbonyl (C=O) groups is 2. The van der Waals surface area contributed by atoms with Crippen LogP contribution in [0.2, 0.25) is 0 Å². The molecule has 2 aliphatic heterocycles. The van der Waals surface area contributed by atoms with Crippen LogP contribution < -0.4 is 0 Å². The van der Waals surface area contributed by atoms with E-state index in [4.69, 9.17) is 0 Å². The lowest BCUT2D eigenvalue weighted by atomic mass is 10.1. The van der Waals surface area contributed by atoms with Gasteiger partial charge >= 0.3 is 0 Å². The highest BCUT2D eigenvalue weighted by atomic mass is 32.2. The molecule has 1 aromatic rings. The second-order valence-electron chi connectivity index (χ2n) is 7.39. The van der Waals surface area contributed by atoms with Crippen molar-refractivity contribution in [3.63, 3.8) is 0 Å². The Balaban J connectivity index is 1.46. The summed E-state index contributed by atoms with van der Waals surface area (Å²) in [5.74, 6) is -0.555. The molecule has 0 aromatic heterocycles. The zero-order valence-electron chi connectivity index (χ0n) is 14.8. The lowest BCUT2D eigenvalue weighted by Crippen LogP contribution is -2.51. The summed E-state index contributed by atoms with van der Waals surface area (Å²) in [4.78, 5) is 40.2. The Morgan fingerprint density at radius 2 is 1.96 bits per heavy atom. The maximum atomic E-state index is 12.9. The third-order valence-electron chi connectivity index (χ3n) is 5.85. The van der Waals surface area contributed by atoms with Crippen LogP contribution in [0.5, 0.6) is 0 Å². The molecule has 2 saturated heterocycles. The Labute approximate surface area is 160 Å². The van der Waals surface area contributed by atoms with Crippen molar-refractivity contribution in [2.24, 2.45) is 11.8 Å². The van der Waals surface area contributed by atoms with Gasteiger partial charge in [-0.25, -0.2) is 0 Å². The molecule has 144 valence electrons. The van der Waals surface area contributed by atoms with Gasteiger partial charge in [0.2, 0.25) is 5.91 Å². The van der Waals surface area contributed by atoms with Crippen molar-refractivity contribution >= 4 is 29.3 Å². The molecular weight excluding hydrogens is 373 g/mol. The zero-order chi connectivity index (χ0) is 19.3. The highest BCUT2D eigenvalue weighted by Gasteiger charge is 2.52. The lowest BCUT2D eigenvalue weighted by molar-refractivity contribution is -0.387. The monoisotopic (exact) mass is 393 g/mol. The largest absolute Gasteiger partial charge is 0.336 e. The quantitative estimate of drug-likeness (QED) is 0.436. The number of amides is 2. The number of benzene rings is 1. The molecule has 0 spiro atoms. The topological polar surface area (TPSA) is 83.8 Å². The van der Waals surface area contributed by atoms with Crippen molar-refractivity contribution in [3.8, 4) is 0 Å². The van der Waals surface area contributed by atoms with E-state index in [-0.39, 0.29) is 41.4 Å². The van der Waals surface area contributed by atoms with Gasteiger partial charge in [-0.05, 0) is 37.1 Å². The van der Waals surface area contributed by atoms with Crippen LogP contribution >= 0.6 is 11.8 Å². The minimum atomic E-state index is -0.476. The summed E-state index contributed by atoms with van der Waals surface area (Å²) in [6, 6.07) is 4.44. The molecule has 2 amide bonds. The Kier molecular flexibility index (Phi) is 4.57. The molecule has 2 heterocycles. The molecule has 0 unspecified atom stereocenters. The van der Waals surface area contributed by atoms with Gasteiger partial charge in [-0.2, -0.15) is 0 Å². The maximum Gasteiger partial charge on any atom is 0.283 e. The third-order valence-corrected chi connectivity index (χ3v) is 6.63. The van der Waals surface area contributed by atoms with Gasteiger partial charge in [-0.3, -0.25) is 24.1 Å². The van der Waals surface area contributed by atoms with Gasteiger partial charge in [-0.15, -0.1) is 11.8 Å². The fourth-order valence-corrected chi connectivity index (χ4v) is 4.80. The second kappa shape index (κ2) is 6.78. The number of halogens is 1. The predicted octanol–water partition coefficient (Wildman–Crippen LogP) is 2.35. The van der Waals surface area contributed by atoms with E-state index in [1.807, 2.05) is 0 Å². The standard InChI is InChI=1S/C18H20FN3O4S/c1-27-16-3-2-10(5-15(16)22(25)26)17(23)20-8-13-6-12(20)9-21(13)18(24)14-4-11(14)7-19/h2-3,5,11-14H,4,6-9H2,1H3/t11-,12-,13-,14+/m0/s1. The molecule has 3 fully saturated rings. The van der Waals surface area contributed by atoms with Crippen LogP contribution in [-0.4, -0.2) is 64.6 Å². The van der Waals surface area contributed by atoms with E-state index in [1.54, 1.807) is 28.2 Å². The van der Waals surface area contributed by atoms with Crippen molar-refractivity contribution in [2.75, 3.05) is 26.0 Å². The summed E-state index contributed by atoms with van der Waals surface area (Å²) in [6.07, 6.45) is 3.09. The lowest BCUT2D eigenvalue weighted by Gasteiger charge is -2.34. The first-order chi connectivity index (χ1) is 12.9. The van der Waals surface area contributed by atoms with Gasteiger partial charge in [0.1, 0.15) is 0 Å². The summed E-state index contributed by atoms with van der Waals surface area (Å²) in [5.41, 5.74) is 0.227. The average Bonchev–Trinajstić information content (AvgIpc) is 3.20. The Hall–Kier alpha value is -2.16. The van der Waals surface area contributed by atoms with Gasteiger partial charge in [0, 0.05) is 30.6 Å². The summed E-state index contributed by atoms with van der Waals surface area (Å²) in [7, 11) is 0. The van der Waals surface area contributed by atoms with Crippen LogP contribution in [0.15, 0.2) is 23.1 Å². The number of likely N-dealkylation sites (tertiary alicyclic amines) is 2.